The average molecular weight is 393 g/mol. The third kappa shape index (κ3) is 3.84. The van der Waals surface area contributed by atoms with E-state index >= 15 is 0 Å². The van der Waals surface area contributed by atoms with Crippen molar-refractivity contribution in [2.75, 3.05) is 6.61 Å². The molecule has 0 amide bonds. The molecule has 0 saturated heterocycles. The fourth-order valence-corrected chi connectivity index (χ4v) is 4.50. The van der Waals surface area contributed by atoms with Crippen molar-refractivity contribution in [2.24, 2.45) is 0 Å². The number of aromatic nitrogens is 2. The summed E-state index contributed by atoms with van der Waals surface area (Å²) in [7, 11) is 0. The standard InChI is InChI=1S/C19H26N2O2Se/c1-4-5-6-7-8-9-12-22-14-10-11-15-16(13-14)23-19(2,3)18-17(15)20-21-24-18/h10-11,13H,4-9,12H2,1-3H3. The Bertz CT molecular complexity index is 682. The molecule has 0 spiro atoms. The van der Waals surface area contributed by atoms with Crippen molar-refractivity contribution >= 4 is 14.7 Å². The van der Waals surface area contributed by atoms with Gasteiger partial charge in [-0.15, -0.1) is 0 Å². The summed E-state index contributed by atoms with van der Waals surface area (Å²) in [4.78, 5) is 0. The predicted octanol–water partition coefficient (Wildman–Crippen LogP) is 4.57. The van der Waals surface area contributed by atoms with Crippen LogP contribution in [0.5, 0.6) is 11.5 Å². The molecule has 0 saturated carbocycles. The molecule has 2 heterocycles. The van der Waals surface area contributed by atoms with Crippen LogP contribution in [-0.4, -0.2) is 30.5 Å². The van der Waals surface area contributed by atoms with Crippen molar-refractivity contribution in [1.29, 1.82) is 0 Å². The number of rotatable bonds is 8. The van der Waals surface area contributed by atoms with Crippen LogP contribution < -0.4 is 9.47 Å². The van der Waals surface area contributed by atoms with E-state index in [-0.39, 0.29) is 20.3 Å². The summed E-state index contributed by atoms with van der Waals surface area (Å²) >= 11 is 0.0590. The van der Waals surface area contributed by atoms with Crippen molar-refractivity contribution in [3.05, 3.63) is 22.6 Å². The Hall–Kier alpha value is -1.32. The second-order valence-electron chi connectivity index (χ2n) is 6.84. The van der Waals surface area contributed by atoms with E-state index < -0.39 is 0 Å². The molecule has 2 aromatic rings. The van der Waals surface area contributed by atoms with Crippen LogP contribution >= 0.6 is 0 Å². The van der Waals surface area contributed by atoms with E-state index in [1.165, 1.54) is 36.5 Å². The molecule has 5 heteroatoms. The monoisotopic (exact) mass is 394 g/mol. The van der Waals surface area contributed by atoms with Gasteiger partial charge in [-0.2, -0.15) is 0 Å². The quantitative estimate of drug-likeness (QED) is 0.487. The third-order valence-corrected chi connectivity index (χ3v) is 6.54. The summed E-state index contributed by atoms with van der Waals surface area (Å²) in [5.74, 6) is 1.73. The normalized spacial score (nSPS) is 14.6. The maximum absolute atomic E-state index is 6.20. The fraction of sp³-hybridized carbons (Fsp3) is 0.579. The molecule has 0 unspecified atom stereocenters. The number of fused-ring (bicyclic) bond motifs is 3. The van der Waals surface area contributed by atoms with Gasteiger partial charge in [0.25, 0.3) is 0 Å². The molecule has 1 aliphatic rings. The topological polar surface area (TPSA) is 44.2 Å². The Balaban J connectivity index is 1.60. The second kappa shape index (κ2) is 7.71. The van der Waals surface area contributed by atoms with E-state index in [1.807, 2.05) is 12.1 Å². The van der Waals surface area contributed by atoms with Crippen LogP contribution in [0.4, 0.5) is 0 Å². The number of benzene rings is 1. The zero-order valence-corrected chi connectivity index (χ0v) is 16.5. The first-order valence-electron chi connectivity index (χ1n) is 8.91. The number of unbranched alkanes of at least 4 members (excludes halogenated alkanes) is 5. The Labute approximate surface area is 150 Å². The Morgan fingerprint density at radius 3 is 2.75 bits per heavy atom. The SMILES string of the molecule is CCCCCCCCOc1ccc2c(c1)OC(C)(C)c1[se]nnc1-2. The second-order valence-corrected chi connectivity index (χ2v) is 8.42. The van der Waals surface area contributed by atoms with Crippen LogP contribution in [0.25, 0.3) is 11.3 Å². The van der Waals surface area contributed by atoms with Gasteiger partial charge in [0.15, 0.2) is 0 Å². The van der Waals surface area contributed by atoms with E-state index in [4.69, 9.17) is 9.47 Å². The third-order valence-electron chi connectivity index (χ3n) is 4.37. The maximum atomic E-state index is 6.20. The van der Waals surface area contributed by atoms with E-state index in [9.17, 15) is 0 Å². The molecule has 0 N–H and O–H groups in total. The molecular formula is C19H26N2O2Se. The molecule has 4 nitrogen and oxygen atoms in total. The summed E-state index contributed by atoms with van der Waals surface area (Å²) in [6, 6.07) is 6.07. The van der Waals surface area contributed by atoms with Crippen LogP contribution in [0, 0.1) is 0 Å². The van der Waals surface area contributed by atoms with Crippen LogP contribution in [0.15, 0.2) is 18.2 Å². The molecule has 0 aliphatic carbocycles. The molecule has 1 aromatic carbocycles. The zero-order valence-electron chi connectivity index (χ0n) is 14.8. The molecule has 1 aromatic heterocycles. The van der Waals surface area contributed by atoms with E-state index in [1.54, 1.807) is 0 Å². The van der Waals surface area contributed by atoms with Gasteiger partial charge < -0.3 is 0 Å². The molecule has 0 bridgehead atoms. The first-order valence-corrected chi connectivity index (χ1v) is 10.5. The molecule has 1 aliphatic heterocycles. The van der Waals surface area contributed by atoms with Gasteiger partial charge in [-0.25, -0.2) is 0 Å². The summed E-state index contributed by atoms with van der Waals surface area (Å²) in [5, 5.41) is 4.35. The van der Waals surface area contributed by atoms with Gasteiger partial charge in [0.1, 0.15) is 0 Å². The van der Waals surface area contributed by atoms with Gasteiger partial charge in [-0.05, 0) is 0 Å². The first-order chi connectivity index (χ1) is 11.6. The van der Waals surface area contributed by atoms with Crippen molar-refractivity contribution in [1.82, 2.24) is 9.19 Å². The summed E-state index contributed by atoms with van der Waals surface area (Å²) in [6.07, 6.45) is 7.64. The van der Waals surface area contributed by atoms with Crippen LogP contribution in [-0.2, 0) is 5.60 Å². The van der Waals surface area contributed by atoms with Gasteiger partial charge >= 0.3 is 131 Å². The zero-order chi connectivity index (χ0) is 17.0. The van der Waals surface area contributed by atoms with E-state index in [0.29, 0.717) is 0 Å². The average Bonchev–Trinajstić information content (AvgIpc) is 3.04. The van der Waals surface area contributed by atoms with Gasteiger partial charge in [0.05, 0.1) is 0 Å². The predicted molar refractivity (Wildman–Crippen MR) is 96.9 cm³/mol. The van der Waals surface area contributed by atoms with Crippen molar-refractivity contribution < 1.29 is 9.47 Å². The minimum absolute atomic E-state index is 0.0590. The van der Waals surface area contributed by atoms with E-state index in [0.717, 1.165) is 35.8 Å². The Kier molecular flexibility index (Phi) is 5.62. The number of hydrogen-bond donors (Lipinski definition) is 0. The van der Waals surface area contributed by atoms with Crippen molar-refractivity contribution in [3.63, 3.8) is 0 Å². The van der Waals surface area contributed by atoms with Crippen molar-refractivity contribution in [3.8, 4) is 22.8 Å². The van der Waals surface area contributed by atoms with Crippen LogP contribution in [0.2, 0.25) is 0 Å². The van der Waals surface area contributed by atoms with Gasteiger partial charge in [-0.1, -0.05) is 19.8 Å². The molecule has 0 radical (unpaired) electrons. The molecule has 24 heavy (non-hydrogen) atoms. The van der Waals surface area contributed by atoms with E-state index in [2.05, 4.69) is 36.0 Å². The van der Waals surface area contributed by atoms with Gasteiger partial charge in [-0.3, -0.25) is 0 Å². The first kappa shape index (κ1) is 17.5. The Morgan fingerprint density at radius 1 is 1.12 bits per heavy atom. The van der Waals surface area contributed by atoms with Crippen molar-refractivity contribution in [2.45, 2.75) is 64.9 Å². The Morgan fingerprint density at radius 2 is 1.92 bits per heavy atom. The number of nitrogens with zero attached hydrogens (tertiary/aromatic N) is 2. The van der Waals surface area contributed by atoms with Gasteiger partial charge in [0.2, 0.25) is 0 Å². The van der Waals surface area contributed by atoms with Crippen LogP contribution in [0.3, 0.4) is 0 Å². The summed E-state index contributed by atoms with van der Waals surface area (Å²) in [6.45, 7) is 7.20. The molecular weight excluding hydrogens is 367 g/mol. The number of hydrogen-bond acceptors (Lipinski definition) is 4. The number of ether oxygens (including phenoxy) is 2. The molecule has 130 valence electrons. The van der Waals surface area contributed by atoms with Gasteiger partial charge in [0, 0.05) is 0 Å². The van der Waals surface area contributed by atoms with Crippen LogP contribution in [0.1, 0.15) is 63.7 Å². The molecule has 0 fully saturated rings. The summed E-state index contributed by atoms with van der Waals surface area (Å²) < 4.78 is 17.6. The molecule has 0 atom stereocenters. The summed E-state index contributed by atoms with van der Waals surface area (Å²) in [5.41, 5.74) is 1.71. The fourth-order valence-electron chi connectivity index (χ4n) is 3.03. The molecule has 3 rings (SSSR count). The minimum atomic E-state index is -0.330.